The molecule has 0 amide bonds. The summed E-state index contributed by atoms with van der Waals surface area (Å²) in [6.45, 7) is 3.67. The highest BCUT2D eigenvalue weighted by molar-refractivity contribution is 6.00. The zero-order valence-corrected chi connectivity index (χ0v) is 11.9. The summed E-state index contributed by atoms with van der Waals surface area (Å²) in [5, 5.41) is 0. The first kappa shape index (κ1) is 14.1. The molecule has 2 rings (SSSR count). The van der Waals surface area contributed by atoms with E-state index >= 15 is 0 Å². The summed E-state index contributed by atoms with van der Waals surface area (Å²) >= 11 is 0. The fourth-order valence-electron chi connectivity index (χ4n) is 1.92. The normalized spacial score (nSPS) is 10.6. The van der Waals surface area contributed by atoms with Gasteiger partial charge in [0.2, 0.25) is 0 Å². The molecule has 1 aromatic heterocycles. The molecule has 2 N–H and O–H groups in total. The number of methoxy groups -OCH3 is 1. The number of hydrogen-bond donors (Lipinski definition) is 1. The minimum Gasteiger partial charge on any atom is -0.497 e. The molecule has 0 unspecified atom stereocenters. The molecule has 1 aromatic carbocycles. The van der Waals surface area contributed by atoms with Crippen molar-refractivity contribution in [1.82, 2.24) is 4.98 Å². The van der Waals surface area contributed by atoms with Gasteiger partial charge in [0, 0.05) is 17.7 Å². The van der Waals surface area contributed by atoms with Crippen LogP contribution in [0.4, 0.5) is 5.69 Å². The van der Waals surface area contributed by atoms with Crippen LogP contribution in [0.15, 0.2) is 36.5 Å². The number of aromatic nitrogens is 1. The first-order chi connectivity index (χ1) is 9.52. The topological polar surface area (TPSA) is 65.2 Å². The Morgan fingerprint density at radius 1 is 1.25 bits per heavy atom. The van der Waals surface area contributed by atoms with E-state index in [1.165, 1.54) is 0 Å². The molecule has 20 heavy (non-hydrogen) atoms. The monoisotopic (exact) mass is 270 g/mol. The first-order valence-electron chi connectivity index (χ1n) is 6.47. The van der Waals surface area contributed by atoms with Crippen molar-refractivity contribution in [3.63, 3.8) is 0 Å². The van der Waals surface area contributed by atoms with Gasteiger partial charge in [-0.3, -0.25) is 9.78 Å². The van der Waals surface area contributed by atoms with Gasteiger partial charge in [-0.15, -0.1) is 0 Å². The van der Waals surface area contributed by atoms with Crippen molar-refractivity contribution in [3.8, 4) is 16.9 Å². The number of carbonyl (C=O) groups excluding carboxylic acids is 1. The fraction of sp³-hybridized carbons (Fsp3) is 0.250. The summed E-state index contributed by atoms with van der Waals surface area (Å²) in [7, 11) is 1.62. The summed E-state index contributed by atoms with van der Waals surface area (Å²) in [6.07, 6.45) is 1.67. The Morgan fingerprint density at radius 2 is 2.00 bits per heavy atom. The quantitative estimate of drug-likeness (QED) is 0.866. The first-order valence-corrected chi connectivity index (χ1v) is 6.47. The maximum atomic E-state index is 12.0. The molecule has 4 nitrogen and oxygen atoms in total. The lowest BCUT2D eigenvalue weighted by atomic mass is 10.0. The molecule has 4 heteroatoms. The van der Waals surface area contributed by atoms with Gasteiger partial charge in [0.15, 0.2) is 5.78 Å². The minimum absolute atomic E-state index is 0.0420. The highest BCUT2D eigenvalue weighted by Gasteiger charge is 2.15. The molecule has 0 saturated heterocycles. The number of pyridine rings is 1. The van der Waals surface area contributed by atoms with Crippen molar-refractivity contribution < 1.29 is 9.53 Å². The zero-order chi connectivity index (χ0) is 14.7. The number of carbonyl (C=O) groups is 1. The third-order valence-electron chi connectivity index (χ3n) is 3.08. The van der Waals surface area contributed by atoms with E-state index in [0.717, 1.165) is 16.9 Å². The Hall–Kier alpha value is -2.36. The van der Waals surface area contributed by atoms with E-state index < -0.39 is 0 Å². The molecule has 0 aliphatic rings. The Bertz CT molecular complexity index is 636. The van der Waals surface area contributed by atoms with Crippen LogP contribution in [-0.4, -0.2) is 17.9 Å². The summed E-state index contributed by atoms with van der Waals surface area (Å²) in [5.41, 5.74) is 8.51. The van der Waals surface area contributed by atoms with Crippen LogP contribution in [0.2, 0.25) is 0 Å². The van der Waals surface area contributed by atoms with Crippen LogP contribution in [-0.2, 0) is 0 Å². The second-order valence-corrected chi connectivity index (χ2v) is 4.91. The Balaban J connectivity index is 2.40. The zero-order valence-electron chi connectivity index (χ0n) is 11.9. The number of Topliss-reactive ketones (excluding diaryl/α,β-unsaturated/α-hetero) is 1. The second kappa shape index (κ2) is 5.74. The fourth-order valence-corrected chi connectivity index (χ4v) is 1.92. The molecular formula is C16H18N2O2. The molecule has 0 spiro atoms. The van der Waals surface area contributed by atoms with E-state index in [0.29, 0.717) is 11.4 Å². The number of nitrogens with zero attached hydrogens (tertiary/aromatic N) is 1. The highest BCUT2D eigenvalue weighted by Crippen LogP contribution is 2.26. The molecular weight excluding hydrogens is 252 g/mol. The van der Waals surface area contributed by atoms with Gasteiger partial charge in [0.25, 0.3) is 0 Å². The third kappa shape index (κ3) is 2.79. The van der Waals surface area contributed by atoms with Gasteiger partial charge < -0.3 is 10.5 Å². The van der Waals surface area contributed by atoms with Crippen LogP contribution in [0.1, 0.15) is 24.3 Å². The van der Waals surface area contributed by atoms with Crippen molar-refractivity contribution in [1.29, 1.82) is 0 Å². The summed E-state index contributed by atoms with van der Waals surface area (Å²) in [4.78, 5) is 16.2. The van der Waals surface area contributed by atoms with Gasteiger partial charge in [0.1, 0.15) is 11.4 Å². The number of rotatable bonds is 4. The molecule has 1 heterocycles. The molecule has 0 aliphatic heterocycles. The average Bonchev–Trinajstić information content (AvgIpc) is 2.46. The maximum absolute atomic E-state index is 12.0. The summed E-state index contributed by atoms with van der Waals surface area (Å²) in [5.74, 6) is 0.607. The van der Waals surface area contributed by atoms with Crippen molar-refractivity contribution in [2.45, 2.75) is 13.8 Å². The Kier molecular flexibility index (Phi) is 4.03. The lowest BCUT2D eigenvalue weighted by Crippen LogP contribution is -2.12. The third-order valence-corrected chi connectivity index (χ3v) is 3.08. The van der Waals surface area contributed by atoms with E-state index in [1.54, 1.807) is 19.4 Å². The maximum Gasteiger partial charge on any atom is 0.185 e. The molecule has 0 saturated carbocycles. The molecule has 0 aliphatic carbocycles. The van der Waals surface area contributed by atoms with E-state index in [1.807, 2.05) is 38.1 Å². The Morgan fingerprint density at radius 3 is 2.60 bits per heavy atom. The standard InChI is InChI=1S/C16H18N2O2/c1-10(2)16(19)15-14(17)8-12(9-18-15)11-5-4-6-13(7-11)20-3/h4-10H,17H2,1-3H3. The van der Waals surface area contributed by atoms with Crippen molar-refractivity contribution in [2.75, 3.05) is 12.8 Å². The average molecular weight is 270 g/mol. The molecule has 0 radical (unpaired) electrons. The van der Waals surface area contributed by atoms with Gasteiger partial charge in [-0.1, -0.05) is 26.0 Å². The van der Waals surface area contributed by atoms with E-state index in [9.17, 15) is 4.79 Å². The van der Waals surface area contributed by atoms with Crippen LogP contribution in [0.25, 0.3) is 11.1 Å². The molecule has 0 bridgehead atoms. The Labute approximate surface area is 118 Å². The predicted octanol–water partition coefficient (Wildman–Crippen LogP) is 3.18. The smallest absolute Gasteiger partial charge is 0.185 e. The molecule has 2 aromatic rings. The van der Waals surface area contributed by atoms with Gasteiger partial charge in [-0.25, -0.2) is 0 Å². The number of benzene rings is 1. The number of nitrogens with two attached hydrogens (primary N) is 1. The van der Waals surface area contributed by atoms with Gasteiger partial charge in [-0.2, -0.15) is 0 Å². The number of ketones is 1. The molecule has 104 valence electrons. The number of nitrogen functional groups attached to an aromatic ring is 1. The van der Waals surface area contributed by atoms with Crippen molar-refractivity contribution in [2.24, 2.45) is 5.92 Å². The lowest BCUT2D eigenvalue weighted by Gasteiger charge is -2.09. The molecule has 0 fully saturated rings. The number of ether oxygens (including phenoxy) is 1. The summed E-state index contributed by atoms with van der Waals surface area (Å²) in [6, 6.07) is 9.40. The predicted molar refractivity (Wildman–Crippen MR) is 79.8 cm³/mol. The molecule has 0 atom stereocenters. The van der Waals surface area contributed by atoms with Gasteiger partial charge >= 0.3 is 0 Å². The van der Waals surface area contributed by atoms with E-state index in [4.69, 9.17) is 10.5 Å². The van der Waals surface area contributed by atoms with Crippen molar-refractivity contribution in [3.05, 3.63) is 42.2 Å². The number of hydrogen-bond acceptors (Lipinski definition) is 4. The van der Waals surface area contributed by atoms with Crippen LogP contribution >= 0.6 is 0 Å². The van der Waals surface area contributed by atoms with Gasteiger partial charge in [-0.05, 0) is 23.8 Å². The van der Waals surface area contributed by atoms with Crippen LogP contribution < -0.4 is 10.5 Å². The minimum atomic E-state index is -0.118. The summed E-state index contributed by atoms with van der Waals surface area (Å²) < 4.78 is 5.19. The highest BCUT2D eigenvalue weighted by atomic mass is 16.5. The van der Waals surface area contributed by atoms with Crippen molar-refractivity contribution >= 4 is 11.5 Å². The largest absolute Gasteiger partial charge is 0.497 e. The van der Waals surface area contributed by atoms with E-state index in [2.05, 4.69) is 4.98 Å². The second-order valence-electron chi connectivity index (χ2n) is 4.91. The SMILES string of the molecule is COc1cccc(-c2cnc(C(=O)C(C)C)c(N)c2)c1. The van der Waals surface area contributed by atoms with Gasteiger partial charge in [0.05, 0.1) is 12.8 Å². The van der Waals surface area contributed by atoms with Crippen LogP contribution in [0.5, 0.6) is 5.75 Å². The number of anilines is 1. The van der Waals surface area contributed by atoms with Crippen LogP contribution in [0.3, 0.4) is 0 Å². The van der Waals surface area contributed by atoms with Crippen LogP contribution in [0, 0.1) is 5.92 Å². The lowest BCUT2D eigenvalue weighted by molar-refractivity contribution is 0.0935. The van der Waals surface area contributed by atoms with E-state index in [-0.39, 0.29) is 11.7 Å².